The van der Waals surface area contributed by atoms with Crippen LogP contribution in [0.2, 0.25) is 15.1 Å². The van der Waals surface area contributed by atoms with E-state index in [-0.39, 0.29) is 38.8 Å². The fraction of sp³-hybridized carbons (Fsp3) is 0.120. The van der Waals surface area contributed by atoms with Crippen LogP contribution in [0.25, 0.3) is 6.08 Å². The van der Waals surface area contributed by atoms with Crippen molar-refractivity contribution in [2.75, 3.05) is 11.9 Å². The third-order valence-corrected chi connectivity index (χ3v) is 5.60. The summed E-state index contributed by atoms with van der Waals surface area (Å²) in [6.07, 6.45) is 1.37. The molecule has 0 aliphatic rings. The van der Waals surface area contributed by atoms with Crippen molar-refractivity contribution in [3.63, 3.8) is 0 Å². The molecule has 174 valence electrons. The van der Waals surface area contributed by atoms with E-state index in [9.17, 15) is 14.4 Å². The summed E-state index contributed by atoms with van der Waals surface area (Å²) in [6.45, 7) is 2.26. The second-order valence-electron chi connectivity index (χ2n) is 6.90. The van der Waals surface area contributed by atoms with Gasteiger partial charge in [-0.15, -0.1) is 0 Å². The van der Waals surface area contributed by atoms with Crippen molar-refractivity contribution < 1.29 is 18.7 Å². The first-order chi connectivity index (χ1) is 16.3. The highest BCUT2D eigenvalue weighted by molar-refractivity contribution is 6.44. The lowest BCUT2D eigenvalue weighted by molar-refractivity contribution is -0.112. The SMILES string of the molecule is CCOc1cc(/C=C(/C#N)C(=O)Nc2cccc(Cl)c2Cl)cc(Cl)c1OCc1ccc(F)cc1. The Morgan fingerprint density at radius 2 is 1.82 bits per heavy atom. The van der Waals surface area contributed by atoms with Crippen LogP contribution in [-0.4, -0.2) is 12.5 Å². The number of rotatable bonds is 8. The first-order valence-corrected chi connectivity index (χ1v) is 11.2. The third kappa shape index (κ3) is 6.42. The van der Waals surface area contributed by atoms with Crippen molar-refractivity contribution >= 4 is 52.5 Å². The van der Waals surface area contributed by atoms with Crippen LogP contribution >= 0.6 is 34.8 Å². The van der Waals surface area contributed by atoms with Gasteiger partial charge in [0.15, 0.2) is 11.5 Å². The quantitative estimate of drug-likeness (QED) is 0.250. The van der Waals surface area contributed by atoms with E-state index >= 15 is 0 Å². The van der Waals surface area contributed by atoms with E-state index < -0.39 is 5.91 Å². The maximum Gasteiger partial charge on any atom is 0.266 e. The molecular formula is C25H18Cl3FN2O3. The highest BCUT2D eigenvalue weighted by atomic mass is 35.5. The van der Waals surface area contributed by atoms with Crippen molar-refractivity contribution in [2.45, 2.75) is 13.5 Å². The summed E-state index contributed by atoms with van der Waals surface area (Å²) in [4.78, 5) is 12.6. The number of nitrogens with one attached hydrogen (secondary N) is 1. The van der Waals surface area contributed by atoms with Gasteiger partial charge in [-0.25, -0.2) is 4.39 Å². The first-order valence-electron chi connectivity index (χ1n) is 10.0. The van der Waals surface area contributed by atoms with Gasteiger partial charge in [0, 0.05) is 0 Å². The molecule has 1 N–H and O–H groups in total. The van der Waals surface area contributed by atoms with E-state index in [1.54, 1.807) is 49.4 Å². The zero-order chi connectivity index (χ0) is 24.7. The third-order valence-electron chi connectivity index (χ3n) is 4.50. The Hall–Kier alpha value is -3.24. The van der Waals surface area contributed by atoms with Crippen LogP contribution in [0.3, 0.4) is 0 Å². The van der Waals surface area contributed by atoms with E-state index in [1.807, 2.05) is 6.07 Å². The van der Waals surface area contributed by atoms with Gasteiger partial charge in [0.1, 0.15) is 24.1 Å². The number of carbonyl (C=O) groups excluding carboxylic acids is 1. The minimum absolute atomic E-state index is 0.140. The highest BCUT2D eigenvalue weighted by Crippen LogP contribution is 2.38. The van der Waals surface area contributed by atoms with Crippen LogP contribution in [0.4, 0.5) is 10.1 Å². The smallest absolute Gasteiger partial charge is 0.266 e. The Morgan fingerprint density at radius 3 is 2.50 bits per heavy atom. The predicted octanol–water partition coefficient (Wildman–Crippen LogP) is 7.31. The van der Waals surface area contributed by atoms with Gasteiger partial charge in [0.2, 0.25) is 0 Å². The summed E-state index contributed by atoms with van der Waals surface area (Å²) in [7, 11) is 0. The zero-order valence-corrected chi connectivity index (χ0v) is 20.1. The highest BCUT2D eigenvalue weighted by Gasteiger charge is 2.16. The molecule has 3 aromatic carbocycles. The molecule has 5 nitrogen and oxygen atoms in total. The van der Waals surface area contributed by atoms with Crippen molar-refractivity contribution in [1.29, 1.82) is 5.26 Å². The van der Waals surface area contributed by atoms with Gasteiger partial charge in [-0.3, -0.25) is 4.79 Å². The number of ether oxygens (including phenoxy) is 2. The Balaban J connectivity index is 1.86. The maximum absolute atomic E-state index is 13.1. The number of carbonyl (C=O) groups is 1. The minimum Gasteiger partial charge on any atom is -0.490 e. The van der Waals surface area contributed by atoms with Crippen LogP contribution in [0, 0.1) is 17.1 Å². The lowest BCUT2D eigenvalue weighted by atomic mass is 10.1. The fourth-order valence-corrected chi connectivity index (χ4v) is 3.54. The monoisotopic (exact) mass is 518 g/mol. The summed E-state index contributed by atoms with van der Waals surface area (Å²) in [5.74, 6) is -0.391. The Kier molecular flexibility index (Phi) is 8.78. The molecule has 0 atom stereocenters. The molecule has 0 fully saturated rings. The van der Waals surface area contributed by atoms with Gasteiger partial charge in [-0.05, 0) is 60.5 Å². The number of benzene rings is 3. The van der Waals surface area contributed by atoms with Crippen molar-refractivity contribution in [2.24, 2.45) is 0 Å². The van der Waals surface area contributed by atoms with Gasteiger partial charge < -0.3 is 14.8 Å². The Bertz CT molecular complexity index is 1270. The van der Waals surface area contributed by atoms with Crippen LogP contribution < -0.4 is 14.8 Å². The van der Waals surface area contributed by atoms with Gasteiger partial charge in [0.25, 0.3) is 5.91 Å². The summed E-state index contributed by atoms with van der Waals surface area (Å²) in [5, 5.41) is 12.8. The van der Waals surface area contributed by atoms with Gasteiger partial charge >= 0.3 is 0 Å². The standard InChI is InChI=1S/C25H18Cl3FN2O3/c1-2-33-22-12-16(11-20(27)24(22)34-14-15-6-8-18(29)9-7-15)10-17(13-30)25(32)31-21-5-3-4-19(26)23(21)28/h3-12H,2,14H2,1H3,(H,31,32)/b17-10-. The summed E-state index contributed by atoms with van der Waals surface area (Å²) in [5.41, 5.74) is 1.28. The molecular weight excluding hydrogens is 502 g/mol. The van der Waals surface area contributed by atoms with Crippen molar-refractivity contribution in [3.8, 4) is 17.6 Å². The molecule has 0 unspecified atom stereocenters. The molecule has 1 amide bonds. The van der Waals surface area contributed by atoms with E-state index in [0.717, 1.165) is 5.56 Å². The molecule has 0 heterocycles. The number of hydrogen-bond donors (Lipinski definition) is 1. The van der Waals surface area contributed by atoms with Crippen LogP contribution in [-0.2, 0) is 11.4 Å². The topological polar surface area (TPSA) is 71.3 Å². The zero-order valence-electron chi connectivity index (χ0n) is 17.9. The summed E-state index contributed by atoms with van der Waals surface area (Å²) in [6, 6.07) is 15.7. The number of halogens is 4. The van der Waals surface area contributed by atoms with Crippen molar-refractivity contribution in [1.82, 2.24) is 0 Å². The summed E-state index contributed by atoms with van der Waals surface area (Å²) >= 11 is 18.5. The number of hydrogen-bond acceptors (Lipinski definition) is 4. The maximum atomic E-state index is 13.1. The summed E-state index contributed by atoms with van der Waals surface area (Å²) < 4.78 is 24.6. The molecule has 9 heteroatoms. The molecule has 0 spiro atoms. The molecule has 3 aromatic rings. The average molecular weight is 520 g/mol. The molecule has 0 aromatic heterocycles. The molecule has 0 saturated carbocycles. The molecule has 0 aliphatic carbocycles. The molecule has 34 heavy (non-hydrogen) atoms. The molecule has 3 rings (SSSR count). The number of amides is 1. The van der Waals surface area contributed by atoms with Gasteiger partial charge in [-0.1, -0.05) is 53.0 Å². The van der Waals surface area contributed by atoms with E-state index in [4.69, 9.17) is 44.3 Å². The Labute approximate surface area is 211 Å². The number of nitriles is 1. The van der Waals surface area contributed by atoms with Gasteiger partial charge in [0.05, 0.1) is 27.4 Å². The average Bonchev–Trinajstić information content (AvgIpc) is 2.81. The molecule has 0 saturated heterocycles. The predicted molar refractivity (Wildman–Crippen MR) is 132 cm³/mol. The normalized spacial score (nSPS) is 11.0. The number of anilines is 1. The van der Waals surface area contributed by atoms with E-state index in [2.05, 4.69) is 5.32 Å². The molecule has 0 radical (unpaired) electrons. The van der Waals surface area contributed by atoms with Crippen LogP contribution in [0.5, 0.6) is 11.5 Å². The number of nitrogens with zero attached hydrogens (tertiary/aromatic N) is 1. The van der Waals surface area contributed by atoms with Crippen molar-refractivity contribution in [3.05, 3.63) is 92.2 Å². The van der Waals surface area contributed by atoms with Gasteiger partial charge in [-0.2, -0.15) is 5.26 Å². The minimum atomic E-state index is -0.669. The van der Waals surface area contributed by atoms with Crippen LogP contribution in [0.15, 0.2) is 60.2 Å². The lowest BCUT2D eigenvalue weighted by Gasteiger charge is -2.15. The van der Waals surface area contributed by atoms with E-state index in [0.29, 0.717) is 23.7 Å². The molecule has 0 aliphatic heterocycles. The largest absolute Gasteiger partial charge is 0.490 e. The Morgan fingerprint density at radius 1 is 1.09 bits per heavy atom. The second-order valence-corrected chi connectivity index (χ2v) is 8.10. The fourth-order valence-electron chi connectivity index (χ4n) is 2.92. The first kappa shape index (κ1) is 25.4. The van der Waals surface area contributed by atoms with E-state index in [1.165, 1.54) is 18.2 Å². The molecule has 0 bridgehead atoms. The lowest BCUT2D eigenvalue weighted by Crippen LogP contribution is -2.13. The second kappa shape index (κ2) is 11.8. The van der Waals surface area contributed by atoms with Crippen LogP contribution in [0.1, 0.15) is 18.1 Å².